The summed E-state index contributed by atoms with van der Waals surface area (Å²) in [4.78, 5) is 0. The summed E-state index contributed by atoms with van der Waals surface area (Å²) in [5, 5.41) is 16.2. The fourth-order valence-corrected chi connectivity index (χ4v) is 3.05. The van der Waals surface area contributed by atoms with Crippen LogP contribution < -0.4 is 15.8 Å². The van der Waals surface area contributed by atoms with Crippen molar-refractivity contribution in [1.82, 2.24) is 19.8 Å². The Balaban J connectivity index is 1.86. The molecule has 0 saturated carbocycles. The Morgan fingerprint density at radius 1 is 1.03 bits per heavy atom. The Kier molecular flexibility index (Phi) is 4.94. The molecule has 2 aromatic carbocycles. The number of fused-ring (bicyclic) bond motifs is 1. The molecule has 0 spiro atoms. The van der Waals surface area contributed by atoms with E-state index in [1.165, 1.54) is 6.07 Å². The molecule has 0 amide bonds. The first kappa shape index (κ1) is 19.6. The van der Waals surface area contributed by atoms with Gasteiger partial charge in [-0.15, -0.1) is 10.2 Å². The number of nitrogen functional groups attached to an aromatic ring is 1. The Hall–Kier alpha value is -3.75. The lowest BCUT2D eigenvalue weighted by molar-refractivity contribution is 0.439. The fraction of sp³-hybridized carbons (Fsp3) is 0.190. The van der Waals surface area contributed by atoms with Crippen LogP contribution in [0.15, 0.2) is 42.5 Å². The van der Waals surface area contributed by atoms with Gasteiger partial charge in [0.15, 0.2) is 17.4 Å². The number of aryl methyl sites for hydroxylation is 1. The van der Waals surface area contributed by atoms with E-state index < -0.39 is 11.6 Å². The summed E-state index contributed by atoms with van der Waals surface area (Å²) in [5.74, 6) is -0.670. The molecule has 0 saturated heterocycles. The largest absolute Gasteiger partial charge is 0.454 e. The minimum atomic E-state index is -0.807. The predicted molar refractivity (Wildman–Crippen MR) is 111 cm³/mol. The zero-order chi connectivity index (χ0) is 21.4. The quantitative estimate of drug-likeness (QED) is 0.468. The normalized spacial score (nSPS) is 11.3. The van der Waals surface area contributed by atoms with Gasteiger partial charge in [0.2, 0.25) is 5.65 Å². The number of halogens is 2. The van der Waals surface area contributed by atoms with Crippen molar-refractivity contribution in [2.75, 3.05) is 11.1 Å². The standard InChI is InChI=1S/C21H20F2N6O/c1-11(2)25-18-10-17(28-29-12(3)26-27-21(18)29)15-9-14(24)5-7-19(15)30-20-6-4-13(22)8-16(20)23/h4-11,25H,24H2,1-3H3. The Labute approximate surface area is 171 Å². The number of nitrogens with one attached hydrogen (secondary N) is 1. The Bertz CT molecular complexity index is 1240. The topological polar surface area (TPSA) is 90.4 Å². The Morgan fingerprint density at radius 2 is 1.80 bits per heavy atom. The van der Waals surface area contributed by atoms with E-state index >= 15 is 0 Å². The van der Waals surface area contributed by atoms with Gasteiger partial charge in [0.1, 0.15) is 11.6 Å². The molecule has 154 valence electrons. The van der Waals surface area contributed by atoms with Gasteiger partial charge in [-0.05, 0) is 57.2 Å². The van der Waals surface area contributed by atoms with Gasteiger partial charge in [-0.25, -0.2) is 8.78 Å². The molecule has 2 heterocycles. The SMILES string of the molecule is Cc1nnc2c(NC(C)C)cc(-c3cc(N)ccc3Oc3ccc(F)cc3F)nn12. The first-order valence-electron chi connectivity index (χ1n) is 9.34. The minimum absolute atomic E-state index is 0.107. The molecule has 2 aromatic heterocycles. The molecule has 9 heteroatoms. The number of hydrogen-bond acceptors (Lipinski definition) is 6. The van der Waals surface area contributed by atoms with Crippen LogP contribution in [-0.4, -0.2) is 25.9 Å². The molecule has 30 heavy (non-hydrogen) atoms. The summed E-state index contributed by atoms with van der Waals surface area (Å²) in [7, 11) is 0. The third-order valence-electron chi connectivity index (χ3n) is 4.36. The molecule has 0 aliphatic carbocycles. The summed E-state index contributed by atoms with van der Waals surface area (Å²) in [5.41, 5.74) is 8.87. The van der Waals surface area contributed by atoms with Crippen molar-refractivity contribution in [1.29, 1.82) is 0 Å². The molecule has 7 nitrogen and oxygen atoms in total. The maximum absolute atomic E-state index is 14.1. The highest BCUT2D eigenvalue weighted by Crippen LogP contribution is 2.36. The van der Waals surface area contributed by atoms with Crippen LogP contribution >= 0.6 is 0 Å². The van der Waals surface area contributed by atoms with Crippen molar-refractivity contribution in [3.05, 3.63) is 59.9 Å². The maximum Gasteiger partial charge on any atom is 0.200 e. The number of benzene rings is 2. The average Bonchev–Trinajstić information content (AvgIpc) is 3.06. The lowest BCUT2D eigenvalue weighted by atomic mass is 10.1. The van der Waals surface area contributed by atoms with E-state index in [0.717, 1.165) is 17.8 Å². The molecular formula is C21H20F2N6O. The van der Waals surface area contributed by atoms with Gasteiger partial charge >= 0.3 is 0 Å². The molecular weight excluding hydrogens is 390 g/mol. The number of ether oxygens (including phenoxy) is 1. The number of aromatic nitrogens is 4. The van der Waals surface area contributed by atoms with Crippen LogP contribution in [0.5, 0.6) is 11.5 Å². The minimum Gasteiger partial charge on any atom is -0.454 e. The number of rotatable bonds is 5. The summed E-state index contributed by atoms with van der Waals surface area (Å²) < 4.78 is 34.8. The van der Waals surface area contributed by atoms with Gasteiger partial charge in [0, 0.05) is 23.4 Å². The van der Waals surface area contributed by atoms with Gasteiger partial charge in [-0.2, -0.15) is 9.61 Å². The van der Waals surface area contributed by atoms with Crippen LogP contribution in [0.4, 0.5) is 20.2 Å². The number of nitrogens with two attached hydrogens (primary N) is 1. The van der Waals surface area contributed by atoms with Gasteiger partial charge in [0.25, 0.3) is 0 Å². The number of hydrogen-bond donors (Lipinski definition) is 2. The fourth-order valence-electron chi connectivity index (χ4n) is 3.05. The van der Waals surface area contributed by atoms with Gasteiger partial charge in [0.05, 0.1) is 11.4 Å². The van der Waals surface area contributed by atoms with Crippen molar-refractivity contribution < 1.29 is 13.5 Å². The van der Waals surface area contributed by atoms with Gasteiger partial charge < -0.3 is 15.8 Å². The van der Waals surface area contributed by atoms with Crippen LogP contribution in [0, 0.1) is 18.6 Å². The molecule has 4 aromatic rings. The van der Waals surface area contributed by atoms with Crippen molar-refractivity contribution in [3.63, 3.8) is 0 Å². The molecule has 3 N–H and O–H groups in total. The molecule has 0 bridgehead atoms. The predicted octanol–water partition coefficient (Wildman–Crippen LogP) is 4.57. The first-order chi connectivity index (χ1) is 14.3. The Morgan fingerprint density at radius 3 is 2.53 bits per heavy atom. The second kappa shape index (κ2) is 7.58. The van der Waals surface area contributed by atoms with Crippen LogP contribution in [-0.2, 0) is 0 Å². The lowest BCUT2D eigenvalue weighted by Gasteiger charge is -2.15. The second-order valence-electron chi connectivity index (χ2n) is 7.16. The van der Waals surface area contributed by atoms with E-state index in [1.807, 2.05) is 19.9 Å². The first-order valence-corrected chi connectivity index (χ1v) is 9.34. The summed E-state index contributed by atoms with van der Waals surface area (Å²) in [6.07, 6.45) is 0. The van der Waals surface area contributed by atoms with E-state index in [0.29, 0.717) is 34.2 Å². The molecule has 4 rings (SSSR count). The van der Waals surface area contributed by atoms with E-state index in [1.54, 1.807) is 29.6 Å². The van der Waals surface area contributed by atoms with Crippen LogP contribution in [0.25, 0.3) is 16.9 Å². The zero-order valence-electron chi connectivity index (χ0n) is 16.6. The van der Waals surface area contributed by atoms with E-state index in [9.17, 15) is 8.78 Å². The molecule has 0 aliphatic heterocycles. The van der Waals surface area contributed by atoms with E-state index in [4.69, 9.17) is 10.5 Å². The smallest absolute Gasteiger partial charge is 0.200 e. The van der Waals surface area contributed by atoms with Crippen molar-refractivity contribution in [2.45, 2.75) is 26.8 Å². The number of nitrogens with zero attached hydrogens (tertiary/aromatic N) is 4. The third-order valence-corrected chi connectivity index (χ3v) is 4.36. The van der Waals surface area contributed by atoms with Crippen molar-refractivity contribution >= 4 is 17.0 Å². The summed E-state index contributed by atoms with van der Waals surface area (Å²) >= 11 is 0. The molecule has 0 atom stereocenters. The molecule has 0 unspecified atom stereocenters. The van der Waals surface area contributed by atoms with Crippen LogP contribution in [0.3, 0.4) is 0 Å². The molecule has 0 radical (unpaired) electrons. The highest BCUT2D eigenvalue weighted by molar-refractivity contribution is 5.78. The van der Waals surface area contributed by atoms with Crippen LogP contribution in [0.2, 0.25) is 0 Å². The highest BCUT2D eigenvalue weighted by atomic mass is 19.1. The number of anilines is 2. The maximum atomic E-state index is 14.1. The monoisotopic (exact) mass is 410 g/mol. The summed E-state index contributed by atoms with van der Waals surface area (Å²) in [6.45, 7) is 5.80. The highest BCUT2D eigenvalue weighted by Gasteiger charge is 2.17. The van der Waals surface area contributed by atoms with Crippen molar-refractivity contribution in [2.24, 2.45) is 0 Å². The van der Waals surface area contributed by atoms with E-state index in [2.05, 4.69) is 20.6 Å². The second-order valence-corrected chi connectivity index (χ2v) is 7.16. The van der Waals surface area contributed by atoms with Crippen molar-refractivity contribution in [3.8, 4) is 22.8 Å². The van der Waals surface area contributed by atoms with Gasteiger partial charge in [-0.3, -0.25) is 0 Å². The van der Waals surface area contributed by atoms with E-state index in [-0.39, 0.29) is 11.8 Å². The lowest BCUT2D eigenvalue weighted by Crippen LogP contribution is -2.12. The van der Waals surface area contributed by atoms with Crippen LogP contribution in [0.1, 0.15) is 19.7 Å². The molecule has 0 aliphatic rings. The average molecular weight is 410 g/mol. The molecule has 0 fully saturated rings. The summed E-state index contributed by atoms with van der Waals surface area (Å²) in [6, 6.07) is 10.0. The zero-order valence-corrected chi connectivity index (χ0v) is 16.6. The third kappa shape index (κ3) is 3.73. The van der Waals surface area contributed by atoms with Gasteiger partial charge in [-0.1, -0.05) is 0 Å².